The van der Waals surface area contributed by atoms with Crippen molar-refractivity contribution >= 4 is 11.7 Å². The van der Waals surface area contributed by atoms with Crippen LogP contribution in [0.4, 0.5) is 5.69 Å². The van der Waals surface area contributed by atoms with Gasteiger partial charge >= 0.3 is 5.97 Å². The molecule has 6 heteroatoms. The fourth-order valence-electron chi connectivity index (χ4n) is 1.49. The fraction of sp³-hybridized carbons (Fsp3) is 0.182. The van der Waals surface area contributed by atoms with Crippen LogP contribution in [0, 0.1) is 0 Å². The summed E-state index contributed by atoms with van der Waals surface area (Å²) >= 11 is 0. The van der Waals surface area contributed by atoms with E-state index in [0.717, 1.165) is 0 Å². The van der Waals surface area contributed by atoms with Crippen LogP contribution >= 0.6 is 0 Å². The maximum Gasteiger partial charge on any atom is 0.330 e. The van der Waals surface area contributed by atoms with E-state index < -0.39 is 12.0 Å². The molecule has 0 amide bonds. The van der Waals surface area contributed by atoms with Gasteiger partial charge in [0.05, 0.1) is 6.20 Å². The van der Waals surface area contributed by atoms with Crippen molar-refractivity contribution in [3.05, 3.63) is 42.5 Å². The van der Waals surface area contributed by atoms with Crippen molar-refractivity contribution in [1.82, 2.24) is 14.8 Å². The Morgan fingerprint density at radius 2 is 2.18 bits per heavy atom. The lowest BCUT2D eigenvalue weighted by atomic mass is 10.1. The summed E-state index contributed by atoms with van der Waals surface area (Å²) in [6.07, 6.45) is 6.41. The minimum atomic E-state index is -0.949. The molecule has 0 fully saturated rings. The van der Waals surface area contributed by atoms with E-state index in [1.807, 2.05) is 0 Å². The molecule has 1 unspecified atom stereocenters. The molecule has 2 aromatic rings. The smallest absolute Gasteiger partial charge is 0.330 e. The number of aryl methyl sites for hydroxylation is 1. The Hall–Kier alpha value is -2.37. The minimum absolute atomic E-state index is 0.608. The number of carboxylic acids is 1. The number of hydrogen-bond acceptors (Lipinski definition) is 4. The monoisotopic (exact) mass is 232 g/mol. The number of aromatic nitrogens is 3. The fourth-order valence-corrected chi connectivity index (χ4v) is 1.49. The molecule has 0 aromatic carbocycles. The van der Waals surface area contributed by atoms with Crippen LogP contribution in [0.1, 0.15) is 11.6 Å². The second-order valence-corrected chi connectivity index (χ2v) is 3.60. The first-order valence-electron chi connectivity index (χ1n) is 5.05. The molecular formula is C11H12N4O2. The molecule has 1 atom stereocenters. The van der Waals surface area contributed by atoms with Gasteiger partial charge in [0.1, 0.15) is 0 Å². The van der Waals surface area contributed by atoms with Crippen molar-refractivity contribution in [1.29, 1.82) is 0 Å². The highest BCUT2D eigenvalue weighted by atomic mass is 16.4. The van der Waals surface area contributed by atoms with E-state index in [1.165, 1.54) is 6.20 Å². The SMILES string of the molecule is Cn1cc(C(Nc2ccncc2)C(=O)O)cn1. The molecule has 0 radical (unpaired) electrons. The number of pyridine rings is 1. The average molecular weight is 232 g/mol. The predicted octanol–water partition coefficient (Wildman–Crippen LogP) is 1.05. The van der Waals surface area contributed by atoms with E-state index >= 15 is 0 Å². The van der Waals surface area contributed by atoms with Crippen LogP contribution in [-0.2, 0) is 11.8 Å². The Morgan fingerprint density at radius 1 is 1.47 bits per heavy atom. The van der Waals surface area contributed by atoms with E-state index in [1.54, 1.807) is 42.5 Å². The maximum absolute atomic E-state index is 11.2. The number of hydrogen-bond donors (Lipinski definition) is 2. The third-order valence-electron chi connectivity index (χ3n) is 2.30. The van der Waals surface area contributed by atoms with Crippen molar-refractivity contribution in [2.45, 2.75) is 6.04 Å². The van der Waals surface area contributed by atoms with Gasteiger partial charge in [-0.1, -0.05) is 0 Å². The zero-order chi connectivity index (χ0) is 12.3. The molecule has 0 spiro atoms. The summed E-state index contributed by atoms with van der Waals surface area (Å²) in [6.45, 7) is 0. The third-order valence-corrected chi connectivity index (χ3v) is 2.30. The number of anilines is 1. The zero-order valence-electron chi connectivity index (χ0n) is 9.24. The van der Waals surface area contributed by atoms with Crippen LogP contribution in [0.25, 0.3) is 0 Å². The molecule has 88 valence electrons. The highest BCUT2D eigenvalue weighted by molar-refractivity contribution is 5.79. The first-order valence-corrected chi connectivity index (χ1v) is 5.05. The van der Waals surface area contributed by atoms with Gasteiger partial charge < -0.3 is 10.4 Å². The van der Waals surface area contributed by atoms with Gasteiger partial charge in [0.15, 0.2) is 6.04 Å². The van der Waals surface area contributed by atoms with Crippen molar-refractivity contribution in [3.63, 3.8) is 0 Å². The van der Waals surface area contributed by atoms with Crippen LogP contribution in [0.5, 0.6) is 0 Å². The number of nitrogens with one attached hydrogen (secondary N) is 1. The Labute approximate surface area is 97.9 Å². The van der Waals surface area contributed by atoms with Crippen LogP contribution in [0.3, 0.4) is 0 Å². The second kappa shape index (κ2) is 4.65. The van der Waals surface area contributed by atoms with Crippen molar-refractivity contribution in [3.8, 4) is 0 Å². The van der Waals surface area contributed by atoms with Crippen molar-refractivity contribution in [2.24, 2.45) is 7.05 Å². The van der Waals surface area contributed by atoms with Gasteiger partial charge in [-0.3, -0.25) is 9.67 Å². The van der Waals surface area contributed by atoms with Gasteiger partial charge in [0.25, 0.3) is 0 Å². The Morgan fingerprint density at radius 3 is 2.71 bits per heavy atom. The third kappa shape index (κ3) is 2.60. The van der Waals surface area contributed by atoms with Gasteiger partial charge in [-0.15, -0.1) is 0 Å². The zero-order valence-corrected chi connectivity index (χ0v) is 9.24. The molecule has 0 aliphatic carbocycles. The Bertz CT molecular complexity index is 509. The van der Waals surface area contributed by atoms with Crippen LogP contribution in [0.15, 0.2) is 36.9 Å². The molecule has 6 nitrogen and oxygen atoms in total. The summed E-state index contributed by atoms with van der Waals surface area (Å²) in [5.74, 6) is -0.949. The van der Waals surface area contributed by atoms with Crippen LogP contribution in [-0.4, -0.2) is 25.8 Å². The number of nitrogens with zero attached hydrogens (tertiary/aromatic N) is 3. The predicted molar refractivity (Wildman–Crippen MR) is 61.4 cm³/mol. The molecule has 17 heavy (non-hydrogen) atoms. The highest BCUT2D eigenvalue weighted by Gasteiger charge is 2.20. The molecule has 2 heterocycles. The van der Waals surface area contributed by atoms with E-state index in [9.17, 15) is 9.90 Å². The molecule has 2 N–H and O–H groups in total. The lowest BCUT2D eigenvalue weighted by Gasteiger charge is -2.13. The Balaban J connectivity index is 2.22. The minimum Gasteiger partial charge on any atom is -0.479 e. The number of rotatable bonds is 4. The van der Waals surface area contributed by atoms with Crippen molar-refractivity contribution in [2.75, 3.05) is 5.32 Å². The van der Waals surface area contributed by atoms with E-state index in [-0.39, 0.29) is 0 Å². The molecule has 0 saturated heterocycles. The first kappa shape index (κ1) is 11.1. The molecule has 0 aliphatic rings. The second-order valence-electron chi connectivity index (χ2n) is 3.60. The largest absolute Gasteiger partial charge is 0.479 e. The van der Waals surface area contributed by atoms with E-state index in [0.29, 0.717) is 11.3 Å². The van der Waals surface area contributed by atoms with Crippen LogP contribution < -0.4 is 5.32 Å². The van der Waals surface area contributed by atoms with Crippen LogP contribution in [0.2, 0.25) is 0 Å². The normalized spacial score (nSPS) is 12.1. The van der Waals surface area contributed by atoms with Crippen molar-refractivity contribution < 1.29 is 9.90 Å². The van der Waals surface area contributed by atoms with Gasteiger partial charge in [-0.25, -0.2) is 4.79 Å². The van der Waals surface area contributed by atoms with Gasteiger partial charge in [0.2, 0.25) is 0 Å². The molecule has 0 bridgehead atoms. The molecule has 2 aromatic heterocycles. The molecule has 0 saturated carbocycles. The Kier molecular flexibility index (Phi) is 3.04. The van der Waals surface area contributed by atoms with E-state index in [4.69, 9.17) is 0 Å². The summed E-state index contributed by atoms with van der Waals surface area (Å²) in [4.78, 5) is 15.1. The summed E-state index contributed by atoms with van der Waals surface area (Å²) < 4.78 is 1.57. The lowest BCUT2D eigenvalue weighted by Crippen LogP contribution is -2.20. The summed E-state index contributed by atoms with van der Waals surface area (Å²) in [5, 5.41) is 16.1. The maximum atomic E-state index is 11.2. The quantitative estimate of drug-likeness (QED) is 0.823. The van der Waals surface area contributed by atoms with Gasteiger partial charge in [-0.2, -0.15) is 5.10 Å². The summed E-state index contributed by atoms with van der Waals surface area (Å²) in [5.41, 5.74) is 1.31. The lowest BCUT2D eigenvalue weighted by molar-refractivity contribution is -0.138. The number of carboxylic acid groups (broad SMARTS) is 1. The summed E-state index contributed by atoms with van der Waals surface area (Å²) in [6, 6.07) is 2.62. The molecule has 0 aliphatic heterocycles. The topological polar surface area (TPSA) is 80.0 Å². The van der Waals surface area contributed by atoms with E-state index in [2.05, 4.69) is 15.4 Å². The number of aliphatic carboxylic acids is 1. The van der Waals surface area contributed by atoms with Gasteiger partial charge in [0, 0.05) is 36.9 Å². The first-order chi connectivity index (χ1) is 8.16. The summed E-state index contributed by atoms with van der Waals surface area (Å²) in [7, 11) is 1.74. The average Bonchev–Trinajstić information content (AvgIpc) is 2.73. The number of carbonyl (C=O) groups is 1. The van der Waals surface area contributed by atoms with Gasteiger partial charge in [-0.05, 0) is 12.1 Å². The highest BCUT2D eigenvalue weighted by Crippen LogP contribution is 2.18. The standard InChI is InChI=1S/C11H12N4O2/c1-15-7-8(6-13-15)10(11(16)17)14-9-2-4-12-5-3-9/h2-7,10H,1H3,(H,12,14)(H,16,17). The molecular weight excluding hydrogens is 220 g/mol. The molecule has 2 rings (SSSR count).